The molecule has 0 aromatic heterocycles. The molecule has 0 saturated carbocycles. The van der Waals surface area contributed by atoms with Crippen LogP contribution in [0.3, 0.4) is 0 Å². The van der Waals surface area contributed by atoms with Crippen LogP contribution in [-0.4, -0.2) is 30.1 Å². The number of aliphatic hydroxyl groups excluding tert-OH is 1. The van der Waals surface area contributed by atoms with E-state index in [-0.39, 0.29) is 17.9 Å². The van der Waals surface area contributed by atoms with Crippen LogP contribution < -0.4 is 10.2 Å². The van der Waals surface area contributed by atoms with Crippen molar-refractivity contribution >= 4 is 11.6 Å². The zero-order valence-electron chi connectivity index (χ0n) is 12.8. The molecule has 114 valence electrons. The molecule has 2 N–H and O–H groups in total. The Labute approximate surface area is 126 Å². The first kappa shape index (κ1) is 14.5. The summed E-state index contributed by atoms with van der Waals surface area (Å²) < 4.78 is 0. The fourth-order valence-electron chi connectivity index (χ4n) is 3.36. The summed E-state index contributed by atoms with van der Waals surface area (Å²) in [5.74, 6) is 0.198. The standard InChI is InChI=1S/C17H24N2O2/c1-11(2)17(21)19-9-7-12-10-13(5-6-15(12)19)16(20)14-4-3-8-18-14/h5-6,10-11,14,16,18,20H,3-4,7-9H2,1-2H3. The van der Waals surface area contributed by atoms with Crippen molar-refractivity contribution in [2.75, 3.05) is 18.0 Å². The largest absolute Gasteiger partial charge is 0.387 e. The molecule has 1 amide bonds. The summed E-state index contributed by atoms with van der Waals surface area (Å²) >= 11 is 0. The number of carbonyl (C=O) groups is 1. The summed E-state index contributed by atoms with van der Waals surface area (Å²) in [5, 5.41) is 13.8. The van der Waals surface area contributed by atoms with E-state index in [0.717, 1.165) is 43.6 Å². The number of fused-ring (bicyclic) bond motifs is 1. The lowest BCUT2D eigenvalue weighted by molar-refractivity contribution is -0.121. The molecule has 0 radical (unpaired) electrons. The summed E-state index contributed by atoms with van der Waals surface area (Å²) in [7, 11) is 0. The van der Waals surface area contributed by atoms with Crippen LogP contribution in [0, 0.1) is 5.92 Å². The predicted octanol–water partition coefficient (Wildman–Crippen LogP) is 2.02. The van der Waals surface area contributed by atoms with Gasteiger partial charge in [0.2, 0.25) is 5.91 Å². The normalized spacial score (nSPS) is 22.7. The smallest absolute Gasteiger partial charge is 0.229 e. The minimum atomic E-state index is -0.451. The Kier molecular flexibility index (Phi) is 4.00. The first-order valence-corrected chi connectivity index (χ1v) is 7.93. The number of amides is 1. The first-order chi connectivity index (χ1) is 10.1. The lowest BCUT2D eigenvalue weighted by atomic mass is 9.98. The van der Waals surface area contributed by atoms with E-state index in [9.17, 15) is 9.90 Å². The first-order valence-electron chi connectivity index (χ1n) is 7.93. The summed E-state index contributed by atoms with van der Waals surface area (Å²) in [6.45, 7) is 5.62. The van der Waals surface area contributed by atoms with Crippen LogP contribution >= 0.6 is 0 Å². The average molecular weight is 288 g/mol. The minimum Gasteiger partial charge on any atom is -0.387 e. The minimum absolute atomic E-state index is 0.0175. The van der Waals surface area contributed by atoms with Crippen LogP contribution in [0.4, 0.5) is 5.69 Å². The number of hydrogen-bond acceptors (Lipinski definition) is 3. The van der Waals surface area contributed by atoms with Crippen molar-refractivity contribution in [1.82, 2.24) is 5.32 Å². The maximum atomic E-state index is 12.2. The Morgan fingerprint density at radius 3 is 2.90 bits per heavy atom. The molecule has 2 unspecified atom stereocenters. The second-order valence-electron chi connectivity index (χ2n) is 6.43. The number of aliphatic hydroxyl groups is 1. The van der Waals surface area contributed by atoms with Gasteiger partial charge in [0.15, 0.2) is 0 Å². The number of hydrogen-bond donors (Lipinski definition) is 2. The molecule has 1 aromatic carbocycles. The number of nitrogens with one attached hydrogen (secondary N) is 1. The van der Waals surface area contributed by atoms with Crippen molar-refractivity contribution in [3.8, 4) is 0 Å². The lowest BCUT2D eigenvalue weighted by Gasteiger charge is -2.22. The molecule has 4 heteroatoms. The molecule has 1 aromatic rings. The van der Waals surface area contributed by atoms with E-state index in [0.29, 0.717) is 0 Å². The van der Waals surface area contributed by atoms with E-state index in [2.05, 4.69) is 11.4 Å². The molecule has 2 heterocycles. The van der Waals surface area contributed by atoms with Gasteiger partial charge in [0.25, 0.3) is 0 Å². The summed E-state index contributed by atoms with van der Waals surface area (Å²) in [6, 6.07) is 6.21. The van der Waals surface area contributed by atoms with E-state index >= 15 is 0 Å². The summed E-state index contributed by atoms with van der Waals surface area (Å²) in [4.78, 5) is 14.1. The van der Waals surface area contributed by atoms with Crippen LogP contribution in [0.25, 0.3) is 0 Å². The van der Waals surface area contributed by atoms with Gasteiger partial charge in [0, 0.05) is 24.2 Å². The third-order valence-electron chi connectivity index (χ3n) is 4.58. The zero-order valence-corrected chi connectivity index (χ0v) is 12.8. The maximum Gasteiger partial charge on any atom is 0.229 e. The lowest BCUT2D eigenvalue weighted by Crippen LogP contribution is -2.32. The van der Waals surface area contributed by atoms with E-state index < -0.39 is 6.10 Å². The van der Waals surface area contributed by atoms with Gasteiger partial charge >= 0.3 is 0 Å². The van der Waals surface area contributed by atoms with Crippen LogP contribution in [-0.2, 0) is 11.2 Å². The molecular formula is C17H24N2O2. The van der Waals surface area contributed by atoms with Gasteiger partial charge in [-0.05, 0) is 43.0 Å². The Hall–Kier alpha value is -1.39. The third-order valence-corrected chi connectivity index (χ3v) is 4.58. The van der Waals surface area contributed by atoms with Crippen LogP contribution in [0.1, 0.15) is 43.9 Å². The quantitative estimate of drug-likeness (QED) is 0.894. The number of anilines is 1. The zero-order chi connectivity index (χ0) is 15.0. The molecule has 0 spiro atoms. The number of rotatable bonds is 3. The second kappa shape index (κ2) is 5.78. The molecule has 3 rings (SSSR count). The Morgan fingerprint density at radius 2 is 2.24 bits per heavy atom. The Bertz CT molecular complexity index is 536. The number of benzene rings is 1. The van der Waals surface area contributed by atoms with Gasteiger partial charge < -0.3 is 15.3 Å². The molecule has 21 heavy (non-hydrogen) atoms. The van der Waals surface area contributed by atoms with Gasteiger partial charge in [-0.2, -0.15) is 0 Å². The molecule has 2 aliphatic rings. The van der Waals surface area contributed by atoms with Gasteiger partial charge in [0.1, 0.15) is 0 Å². The fourth-order valence-corrected chi connectivity index (χ4v) is 3.36. The topological polar surface area (TPSA) is 52.6 Å². The van der Waals surface area contributed by atoms with Crippen molar-refractivity contribution in [3.05, 3.63) is 29.3 Å². The van der Waals surface area contributed by atoms with Gasteiger partial charge in [-0.1, -0.05) is 26.0 Å². The van der Waals surface area contributed by atoms with Gasteiger partial charge in [-0.25, -0.2) is 0 Å². The van der Waals surface area contributed by atoms with Crippen LogP contribution in [0.5, 0.6) is 0 Å². The van der Waals surface area contributed by atoms with E-state index in [4.69, 9.17) is 0 Å². The van der Waals surface area contributed by atoms with E-state index in [1.807, 2.05) is 30.9 Å². The molecule has 2 aliphatic heterocycles. The van der Waals surface area contributed by atoms with Crippen molar-refractivity contribution in [3.63, 3.8) is 0 Å². The molecule has 4 nitrogen and oxygen atoms in total. The third kappa shape index (κ3) is 2.70. The molecule has 2 atom stereocenters. The highest BCUT2D eigenvalue weighted by molar-refractivity contribution is 5.96. The number of carbonyl (C=O) groups excluding carboxylic acids is 1. The molecule has 0 aliphatic carbocycles. The maximum absolute atomic E-state index is 12.2. The van der Waals surface area contributed by atoms with Gasteiger partial charge in [-0.15, -0.1) is 0 Å². The Morgan fingerprint density at radius 1 is 1.43 bits per heavy atom. The summed E-state index contributed by atoms with van der Waals surface area (Å²) in [6.07, 6.45) is 2.58. The van der Waals surface area contributed by atoms with Gasteiger partial charge in [0.05, 0.1) is 6.10 Å². The fraction of sp³-hybridized carbons (Fsp3) is 0.588. The molecule has 0 bridgehead atoms. The average Bonchev–Trinajstić information content (AvgIpc) is 3.14. The molecular weight excluding hydrogens is 264 g/mol. The van der Waals surface area contributed by atoms with E-state index in [1.165, 1.54) is 5.56 Å². The second-order valence-corrected chi connectivity index (χ2v) is 6.43. The van der Waals surface area contributed by atoms with Crippen molar-refractivity contribution in [2.24, 2.45) is 5.92 Å². The van der Waals surface area contributed by atoms with Crippen LogP contribution in [0.2, 0.25) is 0 Å². The van der Waals surface area contributed by atoms with E-state index in [1.54, 1.807) is 0 Å². The molecule has 1 fully saturated rings. The van der Waals surface area contributed by atoms with Crippen molar-refractivity contribution in [1.29, 1.82) is 0 Å². The number of nitrogens with zero attached hydrogens (tertiary/aromatic N) is 1. The van der Waals surface area contributed by atoms with Crippen LogP contribution in [0.15, 0.2) is 18.2 Å². The molecule has 1 saturated heterocycles. The van der Waals surface area contributed by atoms with Gasteiger partial charge in [-0.3, -0.25) is 4.79 Å². The predicted molar refractivity (Wildman–Crippen MR) is 83.3 cm³/mol. The van der Waals surface area contributed by atoms with Crippen molar-refractivity contribution in [2.45, 2.75) is 45.3 Å². The highest BCUT2D eigenvalue weighted by Crippen LogP contribution is 2.33. The SMILES string of the molecule is CC(C)C(=O)N1CCc2cc(C(O)C3CCCN3)ccc21. The Balaban J connectivity index is 1.81. The highest BCUT2D eigenvalue weighted by atomic mass is 16.3. The van der Waals surface area contributed by atoms with Crippen molar-refractivity contribution < 1.29 is 9.90 Å². The monoisotopic (exact) mass is 288 g/mol. The highest BCUT2D eigenvalue weighted by Gasteiger charge is 2.29. The summed E-state index contributed by atoms with van der Waals surface area (Å²) in [5.41, 5.74) is 3.16.